The van der Waals surface area contributed by atoms with Crippen molar-refractivity contribution in [3.63, 3.8) is 0 Å². The summed E-state index contributed by atoms with van der Waals surface area (Å²) in [6.07, 6.45) is 10.6. The number of hydrogen-bond acceptors (Lipinski definition) is 1. The molecule has 1 aliphatic carbocycles. The van der Waals surface area contributed by atoms with Crippen LogP contribution in [0.4, 0.5) is 0 Å². The highest BCUT2D eigenvalue weighted by molar-refractivity contribution is 5.95. The third kappa shape index (κ3) is 3.74. The van der Waals surface area contributed by atoms with Gasteiger partial charge < -0.3 is 4.90 Å². The standard InChI is InChI=1S/C19H27NO/c21-18(17-8-3-1-4-9-17)10-15-20-14-7-13-19(16-20)11-5-2-6-12-19/h1,3-4,8-9H,2,5-7,10-16H2/p+1. The summed E-state index contributed by atoms with van der Waals surface area (Å²) in [4.78, 5) is 13.9. The van der Waals surface area contributed by atoms with Gasteiger partial charge in [0.25, 0.3) is 0 Å². The van der Waals surface area contributed by atoms with Crippen molar-refractivity contribution >= 4 is 5.78 Å². The molecule has 0 aromatic heterocycles. The molecular weight excluding hydrogens is 258 g/mol. The number of ketones is 1. The Kier molecular flexibility index (Phi) is 4.74. The smallest absolute Gasteiger partial charge is 0.168 e. The second-order valence-electron chi connectivity index (χ2n) is 7.13. The number of likely N-dealkylation sites (tertiary alicyclic amines) is 1. The molecule has 1 heterocycles. The minimum Gasteiger partial charge on any atom is -0.334 e. The first kappa shape index (κ1) is 14.8. The van der Waals surface area contributed by atoms with Gasteiger partial charge in [0.15, 0.2) is 5.78 Å². The average Bonchev–Trinajstić information content (AvgIpc) is 2.54. The van der Waals surface area contributed by atoms with Gasteiger partial charge in [-0.3, -0.25) is 4.79 Å². The van der Waals surface area contributed by atoms with Crippen molar-refractivity contribution in [2.45, 2.75) is 51.4 Å². The highest BCUT2D eigenvalue weighted by Gasteiger charge is 2.38. The molecule has 114 valence electrons. The molecule has 2 fully saturated rings. The van der Waals surface area contributed by atoms with Gasteiger partial charge in [-0.05, 0) is 25.7 Å². The highest BCUT2D eigenvalue weighted by atomic mass is 16.1. The molecule has 0 bridgehead atoms. The summed E-state index contributed by atoms with van der Waals surface area (Å²) in [5, 5.41) is 0. The lowest BCUT2D eigenvalue weighted by Crippen LogP contribution is -3.14. The first-order chi connectivity index (χ1) is 10.3. The van der Waals surface area contributed by atoms with Crippen molar-refractivity contribution in [3.05, 3.63) is 35.9 Å². The molecule has 0 radical (unpaired) electrons. The van der Waals surface area contributed by atoms with Crippen LogP contribution in [-0.4, -0.2) is 25.4 Å². The Morgan fingerprint density at radius 1 is 1.00 bits per heavy atom. The molecular formula is C19H28NO+. The fraction of sp³-hybridized carbons (Fsp3) is 0.632. The third-order valence-electron chi connectivity index (χ3n) is 5.58. The molecule has 1 unspecified atom stereocenters. The van der Waals surface area contributed by atoms with Crippen LogP contribution in [-0.2, 0) is 0 Å². The van der Waals surface area contributed by atoms with E-state index in [1.165, 1.54) is 58.0 Å². The number of carbonyl (C=O) groups excluding carboxylic acids is 1. The molecule has 0 amide bonds. The van der Waals surface area contributed by atoms with Gasteiger partial charge in [0.1, 0.15) is 0 Å². The van der Waals surface area contributed by atoms with Crippen LogP contribution in [0.2, 0.25) is 0 Å². The minimum atomic E-state index is 0.311. The van der Waals surface area contributed by atoms with E-state index in [-0.39, 0.29) is 0 Å². The quantitative estimate of drug-likeness (QED) is 0.845. The number of quaternary nitrogens is 1. The van der Waals surface area contributed by atoms with Crippen molar-refractivity contribution in [2.24, 2.45) is 5.41 Å². The van der Waals surface area contributed by atoms with Crippen molar-refractivity contribution in [1.29, 1.82) is 0 Å². The molecule has 2 nitrogen and oxygen atoms in total. The minimum absolute atomic E-state index is 0.311. The first-order valence-corrected chi connectivity index (χ1v) is 8.69. The number of piperidine rings is 1. The maximum absolute atomic E-state index is 12.2. The van der Waals surface area contributed by atoms with Gasteiger partial charge in [-0.15, -0.1) is 0 Å². The van der Waals surface area contributed by atoms with E-state index in [9.17, 15) is 4.79 Å². The van der Waals surface area contributed by atoms with Crippen LogP contribution < -0.4 is 4.90 Å². The van der Waals surface area contributed by atoms with Crippen LogP contribution in [0.5, 0.6) is 0 Å². The van der Waals surface area contributed by atoms with E-state index in [1.807, 2.05) is 30.3 Å². The van der Waals surface area contributed by atoms with Crippen molar-refractivity contribution in [3.8, 4) is 0 Å². The number of hydrogen-bond donors (Lipinski definition) is 1. The normalized spacial score (nSPS) is 24.9. The van der Waals surface area contributed by atoms with Crippen LogP contribution >= 0.6 is 0 Å². The topological polar surface area (TPSA) is 21.5 Å². The Morgan fingerprint density at radius 3 is 2.48 bits per heavy atom. The van der Waals surface area contributed by atoms with Crippen LogP contribution in [0, 0.1) is 5.41 Å². The summed E-state index contributed by atoms with van der Waals surface area (Å²) in [7, 11) is 0. The summed E-state index contributed by atoms with van der Waals surface area (Å²) in [6.45, 7) is 3.61. The number of nitrogens with one attached hydrogen (secondary N) is 1. The van der Waals surface area contributed by atoms with E-state index in [4.69, 9.17) is 0 Å². The van der Waals surface area contributed by atoms with Crippen molar-refractivity contribution < 1.29 is 9.69 Å². The molecule has 2 heteroatoms. The number of benzene rings is 1. The zero-order chi connectivity index (χ0) is 14.5. The van der Waals surface area contributed by atoms with Crippen molar-refractivity contribution in [2.75, 3.05) is 19.6 Å². The van der Waals surface area contributed by atoms with Crippen molar-refractivity contribution in [1.82, 2.24) is 0 Å². The first-order valence-electron chi connectivity index (χ1n) is 8.69. The molecule has 2 aliphatic rings. The lowest BCUT2D eigenvalue weighted by atomic mass is 9.69. The van der Waals surface area contributed by atoms with Crippen LogP contribution in [0.25, 0.3) is 0 Å². The predicted octanol–water partition coefficient (Wildman–Crippen LogP) is 2.89. The van der Waals surface area contributed by atoms with Gasteiger partial charge in [0, 0.05) is 11.0 Å². The molecule has 1 aromatic rings. The van der Waals surface area contributed by atoms with Gasteiger partial charge >= 0.3 is 0 Å². The summed E-state index contributed by atoms with van der Waals surface area (Å²) in [5.74, 6) is 0.311. The van der Waals surface area contributed by atoms with Gasteiger partial charge in [0.2, 0.25) is 0 Å². The summed E-state index contributed by atoms with van der Waals surface area (Å²) in [5.41, 5.74) is 1.50. The zero-order valence-electron chi connectivity index (χ0n) is 13.1. The molecule has 1 spiro atoms. The second-order valence-corrected chi connectivity index (χ2v) is 7.13. The average molecular weight is 286 g/mol. The molecule has 1 N–H and O–H groups in total. The summed E-state index contributed by atoms with van der Waals surface area (Å²) < 4.78 is 0. The van der Waals surface area contributed by atoms with E-state index in [0.29, 0.717) is 17.6 Å². The maximum atomic E-state index is 12.2. The fourth-order valence-corrected chi connectivity index (χ4v) is 4.42. The molecule has 21 heavy (non-hydrogen) atoms. The Labute approximate surface area is 128 Å². The van der Waals surface area contributed by atoms with Crippen LogP contribution in [0.3, 0.4) is 0 Å². The molecule has 1 aromatic carbocycles. The number of rotatable bonds is 4. The molecule has 3 rings (SSSR count). The SMILES string of the molecule is O=C(CC[NH+]1CCCC2(CCCCC2)C1)c1ccccc1. The van der Waals surface area contributed by atoms with Gasteiger partial charge in [-0.25, -0.2) is 0 Å². The molecule has 1 saturated heterocycles. The van der Waals surface area contributed by atoms with Crippen LogP contribution in [0.1, 0.15) is 61.7 Å². The van der Waals surface area contributed by atoms with E-state index in [0.717, 1.165) is 12.1 Å². The number of carbonyl (C=O) groups is 1. The van der Waals surface area contributed by atoms with E-state index in [2.05, 4.69) is 0 Å². The Morgan fingerprint density at radius 2 is 1.71 bits per heavy atom. The Balaban J connectivity index is 1.52. The Hall–Kier alpha value is -1.15. The van der Waals surface area contributed by atoms with E-state index < -0.39 is 0 Å². The molecule has 1 atom stereocenters. The largest absolute Gasteiger partial charge is 0.334 e. The summed E-state index contributed by atoms with van der Waals surface area (Å²) >= 11 is 0. The molecule has 1 aliphatic heterocycles. The second kappa shape index (κ2) is 6.74. The predicted molar refractivity (Wildman–Crippen MR) is 85.7 cm³/mol. The molecule has 1 saturated carbocycles. The van der Waals surface area contributed by atoms with E-state index >= 15 is 0 Å². The maximum Gasteiger partial charge on any atom is 0.168 e. The van der Waals surface area contributed by atoms with Gasteiger partial charge in [-0.1, -0.05) is 49.6 Å². The van der Waals surface area contributed by atoms with Gasteiger partial charge in [0.05, 0.1) is 26.1 Å². The zero-order valence-corrected chi connectivity index (χ0v) is 13.1. The number of Topliss-reactive ketones (excluding diaryl/α,β-unsaturated/α-hetero) is 1. The van der Waals surface area contributed by atoms with Crippen LogP contribution in [0.15, 0.2) is 30.3 Å². The fourth-order valence-electron chi connectivity index (χ4n) is 4.42. The van der Waals surface area contributed by atoms with Gasteiger partial charge in [-0.2, -0.15) is 0 Å². The lowest BCUT2D eigenvalue weighted by Gasteiger charge is -2.42. The highest BCUT2D eigenvalue weighted by Crippen LogP contribution is 2.39. The monoisotopic (exact) mass is 286 g/mol. The Bertz CT molecular complexity index is 456. The third-order valence-corrected chi connectivity index (χ3v) is 5.58. The van der Waals surface area contributed by atoms with E-state index in [1.54, 1.807) is 4.90 Å². The summed E-state index contributed by atoms with van der Waals surface area (Å²) in [6, 6.07) is 9.77. The lowest BCUT2D eigenvalue weighted by molar-refractivity contribution is -0.912.